The number of urea groups is 1. The summed E-state index contributed by atoms with van der Waals surface area (Å²) in [5.74, 6) is 0.342. The van der Waals surface area contributed by atoms with Crippen molar-refractivity contribution in [2.24, 2.45) is 0 Å². The number of benzene rings is 2. The van der Waals surface area contributed by atoms with Gasteiger partial charge in [0.15, 0.2) is 0 Å². The van der Waals surface area contributed by atoms with Crippen LogP contribution in [0.1, 0.15) is 4.88 Å². The predicted molar refractivity (Wildman–Crippen MR) is 120 cm³/mol. The zero-order valence-electron chi connectivity index (χ0n) is 13.9. The monoisotopic (exact) mass is 442 g/mol. The number of thiophene rings is 1. The third-order valence-electron chi connectivity index (χ3n) is 3.26. The SMILES string of the molecule is Cl.Cl.N=C(Nc1ccc(NC(=O)Nc2cccc(Cl)c2)cc1)c1cccs1. The van der Waals surface area contributed by atoms with E-state index < -0.39 is 0 Å². The summed E-state index contributed by atoms with van der Waals surface area (Å²) in [6.45, 7) is 0. The van der Waals surface area contributed by atoms with Crippen molar-refractivity contribution >= 4 is 76.7 Å². The van der Waals surface area contributed by atoms with Crippen molar-refractivity contribution in [3.05, 3.63) is 75.9 Å². The Morgan fingerprint density at radius 2 is 1.48 bits per heavy atom. The molecule has 0 spiro atoms. The van der Waals surface area contributed by atoms with Crippen molar-refractivity contribution < 1.29 is 4.79 Å². The Balaban J connectivity index is 0.00000182. The molecule has 1 heterocycles. The topological polar surface area (TPSA) is 77.0 Å². The van der Waals surface area contributed by atoms with Crippen LogP contribution in [0.15, 0.2) is 66.0 Å². The first-order valence-electron chi connectivity index (χ1n) is 7.43. The summed E-state index contributed by atoms with van der Waals surface area (Å²) in [6.07, 6.45) is 0. The minimum absolute atomic E-state index is 0. The molecule has 1 aromatic heterocycles. The minimum atomic E-state index is -0.352. The first kappa shape index (κ1) is 22.8. The maximum atomic E-state index is 12.0. The molecule has 2 aromatic carbocycles. The van der Waals surface area contributed by atoms with Crippen molar-refractivity contribution in [1.29, 1.82) is 5.41 Å². The van der Waals surface area contributed by atoms with Gasteiger partial charge in [0.2, 0.25) is 0 Å². The van der Waals surface area contributed by atoms with E-state index in [0.29, 0.717) is 22.2 Å². The number of amidine groups is 1. The van der Waals surface area contributed by atoms with Gasteiger partial charge in [-0.25, -0.2) is 4.79 Å². The van der Waals surface area contributed by atoms with Gasteiger partial charge in [0.05, 0.1) is 4.88 Å². The Hall–Kier alpha value is -2.25. The second-order valence-electron chi connectivity index (χ2n) is 5.14. The quantitative estimate of drug-likeness (QED) is 0.281. The first-order chi connectivity index (χ1) is 12.1. The van der Waals surface area contributed by atoms with Crippen LogP contribution in [0.25, 0.3) is 0 Å². The van der Waals surface area contributed by atoms with E-state index in [4.69, 9.17) is 17.0 Å². The molecule has 0 unspecified atom stereocenters. The first-order valence-corrected chi connectivity index (χ1v) is 8.69. The van der Waals surface area contributed by atoms with Crippen LogP contribution < -0.4 is 16.0 Å². The summed E-state index contributed by atoms with van der Waals surface area (Å²) in [6, 6.07) is 17.5. The molecule has 5 nitrogen and oxygen atoms in total. The lowest BCUT2D eigenvalue weighted by Crippen LogP contribution is -2.19. The van der Waals surface area contributed by atoms with Crippen molar-refractivity contribution in [2.45, 2.75) is 0 Å². The van der Waals surface area contributed by atoms with Gasteiger partial charge in [0.1, 0.15) is 5.84 Å². The molecule has 0 aliphatic heterocycles. The molecule has 0 radical (unpaired) electrons. The van der Waals surface area contributed by atoms with Gasteiger partial charge >= 0.3 is 6.03 Å². The number of rotatable bonds is 4. The van der Waals surface area contributed by atoms with Crippen LogP contribution in [0, 0.1) is 5.41 Å². The highest BCUT2D eigenvalue weighted by atomic mass is 35.5. The molecule has 3 rings (SSSR count). The number of carbonyl (C=O) groups is 1. The second kappa shape index (κ2) is 10.8. The van der Waals surface area contributed by atoms with Crippen molar-refractivity contribution in [2.75, 3.05) is 16.0 Å². The van der Waals surface area contributed by atoms with Gasteiger partial charge in [0.25, 0.3) is 0 Å². The normalized spacial score (nSPS) is 9.37. The predicted octanol–water partition coefficient (Wildman–Crippen LogP) is 6.33. The van der Waals surface area contributed by atoms with Crippen LogP contribution in [-0.2, 0) is 0 Å². The third kappa shape index (κ3) is 6.77. The Bertz CT molecular complexity index is 886. The molecule has 0 aliphatic carbocycles. The van der Waals surface area contributed by atoms with Gasteiger partial charge in [-0.1, -0.05) is 23.7 Å². The number of amides is 2. The maximum absolute atomic E-state index is 12.0. The van der Waals surface area contributed by atoms with Gasteiger partial charge < -0.3 is 16.0 Å². The van der Waals surface area contributed by atoms with Gasteiger partial charge in [-0.15, -0.1) is 36.2 Å². The molecule has 27 heavy (non-hydrogen) atoms. The van der Waals surface area contributed by atoms with Gasteiger partial charge in [-0.05, 0) is 53.9 Å². The molecule has 0 fully saturated rings. The fourth-order valence-electron chi connectivity index (χ4n) is 2.12. The summed E-state index contributed by atoms with van der Waals surface area (Å²) in [4.78, 5) is 12.9. The van der Waals surface area contributed by atoms with Crippen LogP contribution in [0.2, 0.25) is 5.02 Å². The number of halogens is 3. The second-order valence-corrected chi connectivity index (χ2v) is 6.53. The van der Waals surface area contributed by atoms with E-state index in [1.165, 1.54) is 11.3 Å². The molecular formula is C18H17Cl3N4OS. The fraction of sp³-hybridized carbons (Fsp3) is 0. The number of hydrogen-bond donors (Lipinski definition) is 4. The summed E-state index contributed by atoms with van der Waals surface area (Å²) in [5.41, 5.74) is 2.04. The molecule has 9 heteroatoms. The fourth-order valence-corrected chi connectivity index (χ4v) is 2.94. The Labute approximate surface area is 178 Å². The van der Waals surface area contributed by atoms with Crippen LogP contribution in [0.4, 0.5) is 21.9 Å². The van der Waals surface area contributed by atoms with Crippen LogP contribution in [0.3, 0.4) is 0 Å². The molecule has 0 saturated carbocycles. The molecule has 0 bridgehead atoms. The minimum Gasteiger partial charge on any atom is -0.340 e. The van der Waals surface area contributed by atoms with Crippen LogP contribution in [-0.4, -0.2) is 11.9 Å². The summed E-state index contributed by atoms with van der Waals surface area (Å²) in [5, 5.41) is 19.0. The summed E-state index contributed by atoms with van der Waals surface area (Å²) in [7, 11) is 0. The average Bonchev–Trinajstić information content (AvgIpc) is 3.11. The summed E-state index contributed by atoms with van der Waals surface area (Å²) >= 11 is 7.39. The van der Waals surface area contributed by atoms with Crippen LogP contribution >= 0.6 is 47.8 Å². The number of hydrogen-bond acceptors (Lipinski definition) is 3. The summed E-state index contributed by atoms with van der Waals surface area (Å²) < 4.78 is 0. The average molecular weight is 444 g/mol. The largest absolute Gasteiger partial charge is 0.340 e. The maximum Gasteiger partial charge on any atom is 0.323 e. The van der Waals surface area contributed by atoms with E-state index in [1.807, 2.05) is 17.5 Å². The van der Waals surface area contributed by atoms with E-state index in [0.717, 1.165) is 10.6 Å². The molecule has 142 valence electrons. The molecule has 3 aromatic rings. The Morgan fingerprint density at radius 3 is 2.07 bits per heavy atom. The highest BCUT2D eigenvalue weighted by Crippen LogP contribution is 2.18. The molecule has 0 aliphatic rings. The van der Waals surface area contributed by atoms with E-state index in [9.17, 15) is 4.79 Å². The van der Waals surface area contributed by atoms with E-state index in [2.05, 4.69) is 16.0 Å². The Kier molecular flexibility index (Phi) is 9.11. The van der Waals surface area contributed by atoms with E-state index >= 15 is 0 Å². The number of nitrogens with one attached hydrogen (secondary N) is 4. The zero-order valence-corrected chi connectivity index (χ0v) is 17.1. The third-order valence-corrected chi connectivity index (χ3v) is 4.38. The Morgan fingerprint density at radius 1 is 0.852 bits per heavy atom. The highest BCUT2D eigenvalue weighted by molar-refractivity contribution is 7.12. The van der Waals surface area contributed by atoms with Crippen molar-refractivity contribution in [1.82, 2.24) is 0 Å². The van der Waals surface area contributed by atoms with E-state index in [-0.39, 0.29) is 30.8 Å². The van der Waals surface area contributed by atoms with E-state index in [1.54, 1.807) is 48.5 Å². The lowest BCUT2D eigenvalue weighted by Gasteiger charge is -2.10. The van der Waals surface area contributed by atoms with Crippen molar-refractivity contribution in [3.8, 4) is 0 Å². The molecular weight excluding hydrogens is 427 g/mol. The lowest BCUT2D eigenvalue weighted by molar-refractivity contribution is 0.262. The van der Waals surface area contributed by atoms with Gasteiger partial charge in [-0.3, -0.25) is 5.41 Å². The lowest BCUT2D eigenvalue weighted by atomic mass is 10.2. The standard InChI is InChI=1S/C18H15ClN4OS.2ClH/c19-12-3-1-4-15(11-12)23-18(24)22-14-8-6-13(7-9-14)21-17(20)16-5-2-10-25-16;;/h1-11H,(H2,20,21)(H2,22,23,24);2*1H. The number of carbonyl (C=O) groups excluding carboxylic acids is 1. The molecule has 0 atom stereocenters. The van der Waals surface area contributed by atoms with Crippen molar-refractivity contribution in [3.63, 3.8) is 0 Å². The van der Waals surface area contributed by atoms with Gasteiger partial charge in [-0.2, -0.15) is 0 Å². The van der Waals surface area contributed by atoms with Crippen LogP contribution in [0.5, 0.6) is 0 Å². The number of anilines is 3. The molecule has 0 saturated heterocycles. The zero-order chi connectivity index (χ0) is 17.6. The highest BCUT2D eigenvalue weighted by Gasteiger charge is 2.05. The smallest absolute Gasteiger partial charge is 0.323 e. The molecule has 2 amide bonds. The van der Waals surface area contributed by atoms with Gasteiger partial charge in [0, 0.05) is 22.1 Å². The molecule has 4 N–H and O–H groups in total.